The Labute approximate surface area is 196 Å². The number of nitrogens with zero attached hydrogens (tertiary/aromatic N) is 5. The molecule has 9 nitrogen and oxygen atoms in total. The summed E-state index contributed by atoms with van der Waals surface area (Å²) in [6, 6.07) is 11.5. The van der Waals surface area contributed by atoms with Crippen molar-refractivity contribution >= 4 is 58.1 Å². The summed E-state index contributed by atoms with van der Waals surface area (Å²) in [5.74, 6) is -0.769. The molecule has 0 aliphatic carbocycles. The van der Waals surface area contributed by atoms with E-state index >= 15 is 0 Å². The lowest BCUT2D eigenvalue weighted by Crippen LogP contribution is -2.37. The van der Waals surface area contributed by atoms with E-state index in [9.17, 15) is 14.4 Å². The molecule has 0 radical (unpaired) electrons. The number of benzene rings is 2. The summed E-state index contributed by atoms with van der Waals surface area (Å²) in [4.78, 5) is 38.6. The van der Waals surface area contributed by atoms with Crippen molar-refractivity contribution in [2.24, 2.45) is 0 Å². The molecule has 1 aliphatic heterocycles. The number of carbonyl (C=O) groups is 3. The molecule has 1 aliphatic rings. The highest BCUT2D eigenvalue weighted by molar-refractivity contribution is 8.18. The molecule has 1 N–H and O–H groups in total. The van der Waals surface area contributed by atoms with E-state index in [-0.39, 0.29) is 23.9 Å². The lowest BCUT2D eigenvalue weighted by molar-refractivity contribution is -0.122. The highest BCUT2D eigenvalue weighted by Crippen LogP contribution is 2.33. The summed E-state index contributed by atoms with van der Waals surface area (Å²) in [5.41, 5.74) is 1.71. The Morgan fingerprint density at radius 2 is 1.91 bits per heavy atom. The van der Waals surface area contributed by atoms with Gasteiger partial charge in [-0.15, -0.1) is 5.10 Å². The molecule has 3 aromatic rings. The van der Waals surface area contributed by atoms with Crippen LogP contribution in [0.15, 0.2) is 53.7 Å². The van der Waals surface area contributed by atoms with Crippen LogP contribution in [0.1, 0.15) is 15.9 Å². The second-order valence-corrected chi connectivity index (χ2v) is 8.39. The Bertz CT molecular complexity index is 1210. The van der Waals surface area contributed by atoms with E-state index in [0.717, 1.165) is 16.7 Å². The average molecular weight is 489 g/mol. The van der Waals surface area contributed by atoms with Gasteiger partial charge in [-0.1, -0.05) is 29.3 Å². The Morgan fingerprint density at radius 1 is 1.12 bits per heavy atom. The third-order valence-corrected chi connectivity index (χ3v) is 5.96. The lowest BCUT2D eigenvalue weighted by atomic mass is 10.2. The second-order valence-electron chi connectivity index (χ2n) is 6.56. The molecule has 1 saturated heterocycles. The van der Waals surface area contributed by atoms with Gasteiger partial charge in [0.2, 0.25) is 0 Å². The molecule has 2 aromatic carbocycles. The standard InChI is InChI=1S/C20H14Cl2N6O3S/c21-14-4-1-13(16(22)10-14)9-17-19(30)27(20(31)32-17)8-7-23-18(29)12-2-5-15(6-3-12)28-11-24-25-26-28/h1-6,9-11H,7-8H2,(H,23,29). The molecule has 2 heterocycles. The highest BCUT2D eigenvalue weighted by atomic mass is 35.5. The first-order valence-electron chi connectivity index (χ1n) is 9.24. The largest absolute Gasteiger partial charge is 0.350 e. The monoisotopic (exact) mass is 488 g/mol. The zero-order chi connectivity index (χ0) is 22.7. The van der Waals surface area contributed by atoms with Gasteiger partial charge in [0.05, 0.1) is 10.6 Å². The van der Waals surface area contributed by atoms with Gasteiger partial charge in [-0.2, -0.15) is 0 Å². The SMILES string of the molecule is O=C(NCCN1C(=O)SC(=Cc2ccc(Cl)cc2Cl)C1=O)c1ccc(-n2cnnn2)cc1. The maximum absolute atomic E-state index is 12.6. The van der Waals surface area contributed by atoms with Crippen LogP contribution in [0.5, 0.6) is 0 Å². The number of imide groups is 1. The third kappa shape index (κ3) is 4.82. The fourth-order valence-electron chi connectivity index (χ4n) is 2.88. The summed E-state index contributed by atoms with van der Waals surface area (Å²) in [7, 11) is 0. The van der Waals surface area contributed by atoms with Crippen molar-refractivity contribution in [2.45, 2.75) is 0 Å². The van der Waals surface area contributed by atoms with Crippen LogP contribution in [0.2, 0.25) is 10.0 Å². The number of aromatic nitrogens is 4. The van der Waals surface area contributed by atoms with Crippen molar-refractivity contribution in [1.29, 1.82) is 0 Å². The number of nitrogens with one attached hydrogen (secondary N) is 1. The lowest BCUT2D eigenvalue weighted by Gasteiger charge is -2.13. The molecule has 0 saturated carbocycles. The maximum Gasteiger partial charge on any atom is 0.293 e. The van der Waals surface area contributed by atoms with Gasteiger partial charge in [0.25, 0.3) is 17.1 Å². The van der Waals surface area contributed by atoms with Gasteiger partial charge in [0.1, 0.15) is 6.33 Å². The number of thioether (sulfide) groups is 1. The molecular formula is C20H14Cl2N6O3S. The van der Waals surface area contributed by atoms with Crippen LogP contribution in [0, 0.1) is 0 Å². The molecule has 0 atom stereocenters. The minimum atomic E-state index is -0.439. The molecule has 162 valence electrons. The molecule has 0 spiro atoms. The zero-order valence-electron chi connectivity index (χ0n) is 16.2. The van der Waals surface area contributed by atoms with E-state index in [4.69, 9.17) is 23.2 Å². The van der Waals surface area contributed by atoms with E-state index < -0.39 is 11.1 Å². The Morgan fingerprint density at radius 3 is 2.59 bits per heavy atom. The Hall–Kier alpha value is -3.21. The first-order valence-corrected chi connectivity index (χ1v) is 10.8. The number of rotatable bonds is 6. The maximum atomic E-state index is 12.6. The van der Waals surface area contributed by atoms with Crippen LogP contribution in [-0.4, -0.2) is 55.3 Å². The van der Waals surface area contributed by atoms with Gasteiger partial charge in [-0.3, -0.25) is 19.3 Å². The molecule has 32 heavy (non-hydrogen) atoms. The van der Waals surface area contributed by atoms with Crippen molar-refractivity contribution in [2.75, 3.05) is 13.1 Å². The van der Waals surface area contributed by atoms with Gasteiger partial charge in [-0.25, -0.2) is 4.68 Å². The molecular weight excluding hydrogens is 475 g/mol. The normalized spacial score (nSPS) is 14.9. The van der Waals surface area contributed by atoms with Gasteiger partial charge in [-0.05, 0) is 70.2 Å². The quantitative estimate of drug-likeness (QED) is 0.529. The zero-order valence-corrected chi connectivity index (χ0v) is 18.6. The predicted molar refractivity (Wildman–Crippen MR) is 121 cm³/mol. The number of amides is 3. The summed E-state index contributed by atoms with van der Waals surface area (Å²) in [6.45, 7) is 0.158. The van der Waals surface area contributed by atoms with Crippen LogP contribution < -0.4 is 5.32 Å². The Balaban J connectivity index is 1.34. The van der Waals surface area contributed by atoms with E-state index in [1.807, 2.05) is 0 Å². The van der Waals surface area contributed by atoms with E-state index in [1.54, 1.807) is 48.5 Å². The predicted octanol–water partition coefficient (Wildman–Crippen LogP) is 3.44. The van der Waals surface area contributed by atoms with E-state index in [2.05, 4.69) is 20.8 Å². The number of hydrogen-bond donors (Lipinski definition) is 1. The first-order chi connectivity index (χ1) is 15.4. The summed E-state index contributed by atoms with van der Waals surface area (Å²) in [5, 5.41) is 14.0. The van der Waals surface area contributed by atoms with Crippen molar-refractivity contribution in [3.05, 3.63) is 74.9 Å². The number of hydrogen-bond acceptors (Lipinski definition) is 7. The molecule has 1 fully saturated rings. The number of tetrazole rings is 1. The van der Waals surface area contributed by atoms with Crippen molar-refractivity contribution in [3.63, 3.8) is 0 Å². The summed E-state index contributed by atoms with van der Waals surface area (Å²) in [6.07, 6.45) is 3.00. The molecule has 0 unspecified atom stereocenters. The van der Waals surface area contributed by atoms with Gasteiger partial charge < -0.3 is 5.32 Å². The molecule has 12 heteroatoms. The number of halogens is 2. The first kappa shape index (κ1) is 22.0. The fourth-order valence-corrected chi connectivity index (χ4v) is 4.20. The molecule has 1 aromatic heterocycles. The van der Waals surface area contributed by atoms with Crippen LogP contribution >= 0.6 is 35.0 Å². The second kappa shape index (κ2) is 9.51. The van der Waals surface area contributed by atoms with Crippen molar-refractivity contribution < 1.29 is 14.4 Å². The smallest absolute Gasteiger partial charge is 0.293 e. The third-order valence-electron chi connectivity index (χ3n) is 4.49. The van der Waals surface area contributed by atoms with Gasteiger partial charge in [0, 0.05) is 28.7 Å². The minimum absolute atomic E-state index is 0.0464. The highest BCUT2D eigenvalue weighted by Gasteiger charge is 2.34. The van der Waals surface area contributed by atoms with E-state index in [0.29, 0.717) is 26.9 Å². The fraction of sp³-hybridized carbons (Fsp3) is 0.100. The topological polar surface area (TPSA) is 110 Å². The Kier molecular flexibility index (Phi) is 6.54. The van der Waals surface area contributed by atoms with Gasteiger partial charge >= 0.3 is 0 Å². The molecule has 3 amide bonds. The van der Waals surface area contributed by atoms with Crippen LogP contribution in [-0.2, 0) is 4.79 Å². The summed E-state index contributed by atoms with van der Waals surface area (Å²) < 4.78 is 1.46. The average Bonchev–Trinajstić information content (AvgIpc) is 3.40. The minimum Gasteiger partial charge on any atom is -0.350 e. The molecule has 4 rings (SSSR count). The van der Waals surface area contributed by atoms with Crippen LogP contribution in [0.3, 0.4) is 0 Å². The van der Waals surface area contributed by atoms with Crippen molar-refractivity contribution in [1.82, 2.24) is 30.4 Å². The molecule has 0 bridgehead atoms. The summed E-state index contributed by atoms with van der Waals surface area (Å²) >= 11 is 12.8. The van der Waals surface area contributed by atoms with Gasteiger partial charge in [0.15, 0.2) is 0 Å². The van der Waals surface area contributed by atoms with Crippen LogP contribution in [0.4, 0.5) is 4.79 Å². The van der Waals surface area contributed by atoms with E-state index in [1.165, 1.54) is 11.0 Å². The van der Waals surface area contributed by atoms with Crippen molar-refractivity contribution in [3.8, 4) is 5.69 Å². The number of carbonyl (C=O) groups excluding carboxylic acids is 3. The van der Waals surface area contributed by atoms with Crippen LogP contribution in [0.25, 0.3) is 11.8 Å².